The molecule has 0 amide bonds. The van der Waals surface area contributed by atoms with Crippen molar-refractivity contribution in [1.82, 2.24) is 9.55 Å². The van der Waals surface area contributed by atoms with Crippen LogP contribution in [0.15, 0.2) is 164 Å². The van der Waals surface area contributed by atoms with E-state index in [0.717, 1.165) is 23.4 Å². The summed E-state index contributed by atoms with van der Waals surface area (Å²) in [5.41, 5.74) is 16.2. The maximum atomic E-state index is 5.06. The molecular weight excluding hydrogens is 605 g/mol. The van der Waals surface area contributed by atoms with E-state index < -0.39 is 5.41 Å². The number of rotatable bonds is 3. The first-order valence-corrected chi connectivity index (χ1v) is 17.6. The van der Waals surface area contributed by atoms with Gasteiger partial charge < -0.3 is 4.57 Å². The topological polar surface area (TPSA) is 17.8 Å². The largest absolute Gasteiger partial charge is 0.324 e. The normalized spacial score (nSPS) is 13.5. The van der Waals surface area contributed by atoms with Crippen molar-refractivity contribution < 1.29 is 0 Å². The number of nitrogens with zero attached hydrogens (tertiary/aromatic N) is 2. The zero-order chi connectivity index (χ0) is 33.0. The number of para-hydroxylation sites is 2. The lowest BCUT2D eigenvalue weighted by Crippen LogP contribution is -2.26. The summed E-state index contributed by atoms with van der Waals surface area (Å²) in [6.45, 7) is 3.06. The Morgan fingerprint density at radius 1 is 0.480 bits per heavy atom. The predicted octanol–water partition coefficient (Wildman–Crippen LogP) is 12.0. The molecular formula is C48H32N2. The van der Waals surface area contributed by atoms with Gasteiger partial charge in [-0.05, 0) is 121 Å². The second-order valence-electron chi connectivity index (χ2n) is 13.8. The van der Waals surface area contributed by atoms with E-state index >= 15 is 0 Å². The minimum atomic E-state index is -0.401. The highest BCUT2D eigenvalue weighted by molar-refractivity contribution is 6.06. The first-order valence-electron chi connectivity index (χ1n) is 17.6. The van der Waals surface area contributed by atoms with E-state index in [0.29, 0.717) is 0 Å². The summed E-state index contributed by atoms with van der Waals surface area (Å²) < 4.78 is 2.32. The van der Waals surface area contributed by atoms with Crippen molar-refractivity contribution in [2.75, 3.05) is 0 Å². The lowest BCUT2D eigenvalue weighted by molar-refractivity contribution is 0.796. The van der Waals surface area contributed by atoms with Gasteiger partial charge in [-0.3, -0.25) is 0 Å². The van der Waals surface area contributed by atoms with Gasteiger partial charge in [-0.15, -0.1) is 0 Å². The molecule has 0 N–H and O–H groups in total. The second-order valence-corrected chi connectivity index (χ2v) is 13.8. The number of imidazole rings is 1. The highest BCUT2D eigenvalue weighted by Crippen LogP contribution is 2.64. The van der Waals surface area contributed by atoms with Crippen LogP contribution in [0.1, 0.15) is 29.2 Å². The van der Waals surface area contributed by atoms with E-state index in [-0.39, 0.29) is 0 Å². The molecule has 1 spiro atoms. The zero-order valence-electron chi connectivity index (χ0n) is 27.7. The van der Waals surface area contributed by atoms with Gasteiger partial charge in [-0.2, -0.15) is 0 Å². The Labute approximate surface area is 290 Å². The van der Waals surface area contributed by atoms with Crippen molar-refractivity contribution in [3.8, 4) is 44.8 Å². The van der Waals surface area contributed by atoms with E-state index in [1.165, 1.54) is 82.7 Å². The molecule has 2 aliphatic rings. The summed E-state index contributed by atoms with van der Waals surface area (Å²) in [5.74, 6) is 1.01. The fourth-order valence-corrected chi connectivity index (χ4v) is 9.29. The van der Waals surface area contributed by atoms with Crippen LogP contribution in [0.5, 0.6) is 0 Å². The van der Waals surface area contributed by atoms with E-state index in [2.05, 4.69) is 175 Å². The number of fused-ring (bicyclic) bond motifs is 14. The van der Waals surface area contributed by atoms with Gasteiger partial charge in [0.25, 0.3) is 0 Å². The third-order valence-electron chi connectivity index (χ3n) is 11.4. The molecule has 8 aromatic carbocycles. The van der Waals surface area contributed by atoms with E-state index in [1.54, 1.807) is 0 Å². The van der Waals surface area contributed by atoms with Gasteiger partial charge >= 0.3 is 0 Å². The minimum Gasteiger partial charge on any atom is -0.324 e. The lowest BCUT2D eigenvalue weighted by Gasteiger charge is -2.31. The Morgan fingerprint density at radius 2 is 1.18 bits per heavy atom. The number of aromatic nitrogens is 2. The molecule has 0 aliphatic heterocycles. The molecule has 2 aliphatic carbocycles. The second kappa shape index (κ2) is 10.1. The van der Waals surface area contributed by atoms with Gasteiger partial charge in [0.05, 0.1) is 16.4 Å². The molecule has 0 saturated heterocycles. The van der Waals surface area contributed by atoms with Gasteiger partial charge in [-0.1, -0.05) is 127 Å². The molecule has 11 rings (SSSR count). The van der Waals surface area contributed by atoms with Crippen LogP contribution in [0.3, 0.4) is 0 Å². The van der Waals surface area contributed by atoms with Crippen LogP contribution >= 0.6 is 0 Å². The van der Waals surface area contributed by atoms with Gasteiger partial charge in [-0.25, -0.2) is 4.98 Å². The van der Waals surface area contributed by atoms with Crippen LogP contribution in [0.4, 0.5) is 0 Å². The molecule has 234 valence electrons. The average molecular weight is 637 g/mol. The van der Waals surface area contributed by atoms with Crippen LogP contribution in [0.2, 0.25) is 0 Å². The number of hydrogen-bond acceptors (Lipinski definition) is 1. The van der Waals surface area contributed by atoms with Gasteiger partial charge in [0, 0.05) is 12.1 Å². The maximum absolute atomic E-state index is 5.06. The first-order chi connectivity index (χ1) is 24.7. The van der Waals surface area contributed by atoms with Crippen LogP contribution in [-0.4, -0.2) is 9.55 Å². The van der Waals surface area contributed by atoms with Crippen molar-refractivity contribution >= 4 is 32.6 Å². The zero-order valence-corrected chi connectivity index (χ0v) is 27.7. The lowest BCUT2D eigenvalue weighted by atomic mass is 9.69. The monoisotopic (exact) mass is 636 g/mol. The van der Waals surface area contributed by atoms with Crippen LogP contribution in [0.25, 0.3) is 77.3 Å². The molecule has 1 aromatic heterocycles. The Balaban J connectivity index is 1.15. The van der Waals surface area contributed by atoms with E-state index in [9.17, 15) is 0 Å². The Bertz CT molecular complexity index is 2830. The van der Waals surface area contributed by atoms with Gasteiger partial charge in [0.2, 0.25) is 0 Å². The SMILES string of the molecule is CCn1c(-c2cccc(-c3ccc4cc5c(cc4c3)C3(c4ccccc4-c4ccccc43)c3c-5ccc4ccccc34)c2)nc2ccccc21. The first kappa shape index (κ1) is 27.7. The van der Waals surface area contributed by atoms with Crippen molar-refractivity contribution in [2.24, 2.45) is 0 Å². The predicted molar refractivity (Wildman–Crippen MR) is 208 cm³/mol. The van der Waals surface area contributed by atoms with Gasteiger partial charge in [0.15, 0.2) is 0 Å². The van der Waals surface area contributed by atoms with Crippen molar-refractivity contribution in [3.05, 3.63) is 186 Å². The summed E-state index contributed by atoms with van der Waals surface area (Å²) in [4.78, 5) is 5.06. The highest BCUT2D eigenvalue weighted by Gasteiger charge is 2.52. The minimum absolute atomic E-state index is 0.401. The van der Waals surface area contributed by atoms with Crippen LogP contribution < -0.4 is 0 Å². The van der Waals surface area contributed by atoms with Crippen molar-refractivity contribution in [3.63, 3.8) is 0 Å². The third-order valence-corrected chi connectivity index (χ3v) is 11.4. The fraction of sp³-hybridized carbons (Fsp3) is 0.0625. The summed E-state index contributed by atoms with van der Waals surface area (Å²) in [6, 6.07) is 61.0. The summed E-state index contributed by atoms with van der Waals surface area (Å²) in [5, 5.41) is 5.12. The summed E-state index contributed by atoms with van der Waals surface area (Å²) in [7, 11) is 0. The van der Waals surface area contributed by atoms with E-state index in [1.807, 2.05) is 0 Å². The summed E-state index contributed by atoms with van der Waals surface area (Å²) in [6.07, 6.45) is 0. The molecule has 0 bridgehead atoms. The molecule has 0 atom stereocenters. The number of aryl methyl sites for hydroxylation is 1. The molecule has 50 heavy (non-hydrogen) atoms. The fourth-order valence-electron chi connectivity index (χ4n) is 9.29. The Morgan fingerprint density at radius 3 is 2.02 bits per heavy atom. The van der Waals surface area contributed by atoms with E-state index in [4.69, 9.17) is 4.98 Å². The van der Waals surface area contributed by atoms with Crippen molar-refractivity contribution in [1.29, 1.82) is 0 Å². The number of benzene rings is 8. The standard InChI is InChI=1S/C48H32N2/c1-2-50-45-21-10-9-20-44(45)49-47(50)34-14-11-13-31(26-34)32-22-23-33-28-40-39-25-24-30-12-3-4-15-36(30)46(39)48(43(40)29-35(33)27-32)41-18-7-5-16-37(41)38-17-6-8-19-42(38)48/h3-29H,2H2,1H3. The summed E-state index contributed by atoms with van der Waals surface area (Å²) >= 11 is 0. The molecule has 1 heterocycles. The van der Waals surface area contributed by atoms with Crippen LogP contribution in [-0.2, 0) is 12.0 Å². The molecule has 2 nitrogen and oxygen atoms in total. The van der Waals surface area contributed by atoms with Crippen molar-refractivity contribution in [2.45, 2.75) is 18.9 Å². The molecule has 9 aromatic rings. The molecule has 2 heteroatoms. The average Bonchev–Trinajstić information content (AvgIpc) is 3.81. The quantitative estimate of drug-likeness (QED) is 0.189. The molecule has 0 fully saturated rings. The maximum Gasteiger partial charge on any atom is 0.141 e. The molecule has 0 saturated carbocycles. The molecule has 0 radical (unpaired) electrons. The Kier molecular flexibility index (Phi) is 5.61. The van der Waals surface area contributed by atoms with Crippen LogP contribution in [0, 0.1) is 0 Å². The van der Waals surface area contributed by atoms with Gasteiger partial charge in [0.1, 0.15) is 5.82 Å². The highest BCUT2D eigenvalue weighted by atomic mass is 15.1. The smallest absolute Gasteiger partial charge is 0.141 e. The number of hydrogen-bond donors (Lipinski definition) is 0. The third kappa shape index (κ3) is 3.55. The molecule has 0 unspecified atom stereocenters. The Hall–Kier alpha value is -6.25.